The molecule has 0 aromatic rings. The highest BCUT2D eigenvalue weighted by molar-refractivity contribution is 5.92. The van der Waals surface area contributed by atoms with Crippen molar-refractivity contribution < 1.29 is 35.1 Å². The molecule has 11 atom stereocenters. The van der Waals surface area contributed by atoms with Crippen LogP contribution in [0.25, 0.3) is 0 Å². The number of aliphatic hydroxyl groups excluding tert-OH is 3. The average molecular weight is 631 g/mol. The van der Waals surface area contributed by atoms with Gasteiger partial charge in [-0.25, -0.2) is 4.79 Å². The van der Waals surface area contributed by atoms with Crippen molar-refractivity contribution in [3.8, 4) is 0 Å². The van der Waals surface area contributed by atoms with E-state index in [-0.39, 0.29) is 54.5 Å². The van der Waals surface area contributed by atoms with Crippen molar-refractivity contribution in [3.63, 3.8) is 0 Å². The number of nitrogens with zero attached hydrogens (tertiary/aromatic N) is 2. The third-order valence-electron chi connectivity index (χ3n) is 13.2. The van der Waals surface area contributed by atoms with E-state index in [4.69, 9.17) is 10.5 Å². The predicted molar refractivity (Wildman–Crippen MR) is 169 cm³/mol. The van der Waals surface area contributed by atoms with Gasteiger partial charge in [0.2, 0.25) is 0 Å². The number of rotatable bonds is 9. The molecular weight excluding hydrogens is 576 g/mol. The number of carboxylic acid groups (broad SMARTS) is 1. The van der Waals surface area contributed by atoms with Gasteiger partial charge in [-0.15, -0.1) is 0 Å². The SMILES string of the molecule is CN=C(N)N1C=CC(CNCCO)C2(C1)C1CCC(C)C23CC(O)(C2CCC4CC(CCCO)C(O)CC4O2)C(C(=O)O)=C3C1. The summed E-state index contributed by atoms with van der Waals surface area (Å²) in [5.74, 6) is 0.0924. The standard InChI is InChI=1S/C34H54N4O7/c1-20-5-7-23-15-25-29(30(42)43)34(44,28-8-6-22-14-21(4-3-12-39)26(41)16-27(22)45-28)18-32(20,25)33(23)19-38(31(35)36-2)11-9-24(33)17-37-10-13-40/h9,11,20-24,26-28,37,39-41,44H,3-8,10,12-19H2,1-2H3,(H2,35,36)(H,42,43). The van der Waals surface area contributed by atoms with Crippen molar-refractivity contribution in [2.75, 3.05) is 39.9 Å². The number of aliphatic imine (C=N–C) groups is 1. The molecule has 11 heteroatoms. The molecule has 2 heterocycles. The highest BCUT2D eigenvalue weighted by atomic mass is 16.5. The molecule has 2 aliphatic heterocycles. The van der Waals surface area contributed by atoms with Crippen LogP contribution < -0.4 is 11.1 Å². The van der Waals surface area contributed by atoms with Crippen LogP contribution in [-0.2, 0) is 9.53 Å². The molecule has 0 aromatic carbocycles. The lowest BCUT2D eigenvalue weighted by atomic mass is 9.45. The Kier molecular flexibility index (Phi) is 9.17. The van der Waals surface area contributed by atoms with Crippen LogP contribution in [0.1, 0.15) is 71.1 Å². The lowest BCUT2D eigenvalue weighted by molar-refractivity contribution is -0.200. The number of nitrogens with two attached hydrogens (primary N) is 1. The summed E-state index contributed by atoms with van der Waals surface area (Å²) in [5, 5.41) is 57.0. The molecule has 0 aromatic heterocycles. The third kappa shape index (κ3) is 4.99. The van der Waals surface area contributed by atoms with Gasteiger partial charge in [-0.2, -0.15) is 0 Å². The molecule has 11 nitrogen and oxygen atoms in total. The van der Waals surface area contributed by atoms with Crippen LogP contribution in [0.15, 0.2) is 28.4 Å². The summed E-state index contributed by atoms with van der Waals surface area (Å²) < 4.78 is 6.71. The maximum atomic E-state index is 13.3. The van der Waals surface area contributed by atoms with Crippen molar-refractivity contribution in [3.05, 3.63) is 23.4 Å². The molecule has 1 saturated heterocycles. The summed E-state index contributed by atoms with van der Waals surface area (Å²) in [5.41, 5.74) is 4.79. The number of guanidine groups is 1. The van der Waals surface area contributed by atoms with Crippen molar-refractivity contribution in [2.24, 2.45) is 51.1 Å². The van der Waals surface area contributed by atoms with Crippen LogP contribution in [-0.4, -0.2) is 106 Å². The monoisotopic (exact) mass is 630 g/mol. The Hall–Kier alpha value is -2.02. The quantitative estimate of drug-likeness (QED) is 0.112. The Labute approximate surface area is 266 Å². The molecular formula is C34H54N4O7. The molecule has 4 aliphatic carbocycles. The Balaban J connectivity index is 1.38. The van der Waals surface area contributed by atoms with Crippen LogP contribution in [0.2, 0.25) is 0 Å². The van der Waals surface area contributed by atoms with Gasteiger partial charge < -0.3 is 46.2 Å². The fourth-order valence-electron chi connectivity index (χ4n) is 11.3. The molecule has 3 saturated carbocycles. The molecule has 45 heavy (non-hydrogen) atoms. The van der Waals surface area contributed by atoms with Gasteiger partial charge in [-0.1, -0.05) is 13.0 Å². The van der Waals surface area contributed by atoms with Gasteiger partial charge in [0, 0.05) is 56.7 Å². The summed E-state index contributed by atoms with van der Waals surface area (Å²) >= 11 is 0. The maximum absolute atomic E-state index is 13.3. The van der Waals surface area contributed by atoms with E-state index in [0.29, 0.717) is 57.7 Å². The van der Waals surface area contributed by atoms with E-state index in [1.54, 1.807) is 7.05 Å². The molecule has 0 amide bonds. The molecule has 6 rings (SSSR count). The number of nitrogens with one attached hydrogen (secondary N) is 1. The first-order valence-corrected chi connectivity index (χ1v) is 17.2. The smallest absolute Gasteiger partial charge is 0.334 e. The molecule has 252 valence electrons. The zero-order valence-corrected chi connectivity index (χ0v) is 26.9. The fourth-order valence-corrected chi connectivity index (χ4v) is 11.3. The lowest BCUT2D eigenvalue weighted by Gasteiger charge is -2.61. The van der Waals surface area contributed by atoms with Gasteiger partial charge >= 0.3 is 5.97 Å². The molecule has 11 unspecified atom stereocenters. The Morgan fingerprint density at radius 2 is 2.00 bits per heavy atom. The highest BCUT2D eigenvalue weighted by Gasteiger charge is 2.76. The molecule has 2 bridgehead atoms. The Bertz CT molecular complexity index is 1220. The van der Waals surface area contributed by atoms with Gasteiger partial charge in [0.1, 0.15) is 5.60 Å². The number of allylic oxidation sites excluding steroid dienone is 1. The van der Waals surface area contributed by atoms with E-state index in [2.05, 4.69) is 23.3 Å². The van der Waals surface area contributed by atoms with E-state index in [9.17, 15) is 30.3 Å². The minimum atomic E-state index is -1.66. The van der Waals surface area contributed by atoms with Crippen LogP contribution in [0.3, 0.4) is 0 Å². The van der Waals surface area contributed by atoms with Gasteiger partial charge in [0.25, 0.3) is 0 Å². The normalized spacial score (nSPS) is 44.4. The zero-order chi connectivity index (χ0) is 32.1. The Morgan fingerprint density at radius 3 is 2.71 bits per heavy atom. The number of carboxylic acids is 1. The van der Waals surface area contributed by atoms with Crippen LogP contribution in [0, 0.1) is 40.4 Å². The molecule has 4 fully saturated rings. The van der Waals surface area contributed by atoms with Crippen LogP contribution in [0.4, 0.5) is 0 Å². The minimum absolute atomic E-state index is 0.0299. The van der Waals surface area contributed by atoms with E-state index < -0.39 is 34.6 Å². The lowest BCUT2D eigenvalue weighted by Crippen LogP contribution is -2.63. The first-order chi connectivity index (χ1) is 21.6. The van der Waals surface area contributed by atoms with Gasteiger partial charge in [0.05, 0.1) is 30.5 Å². The molecule has 6 aliphatic rings. The number of hydrogen-bond donors (Lipinski definition) is 7. The summed E-state index contributed by atoms with van der Waals surface area (Å²) in [6.07, 6.45) is 9.67. The number of ether oxygens (including phenoxy) is 1. The topological polar surface area (TPSA) is 181 Å². The van der Waals surface area contributed by atoms with Crippen LogP contribution in [0.5, 0.6) is 0 Å². The first-order valence-electron chi connectivity index (χ1n) is 17.2. The predicted octanol–water partition coefficient (Wildman–Crippen LogP) is 1.60. The summed E-state index contributed by atoms with van der Waals surface area (Å²) in [6, 6.07) is 0. The number of fused-ring (bicyclic) bond motifs is 1. The molecule has 8 N–H and O–H groups in total. The highest BCUT2D eigenvalue weighted by Crippen LogP contribution is 2.77. The number of carbonyl (C=O) groups is 1. The Morgan fingerprint density at radius 1 is 1.20 bits per heavy atom. The van der Waals surface area contributed by atoms with E-state index in [0.717, 1.165) is 37.7 Å². The maximum Gasteiger partial charge on any atom is 0.334 e. The minimum Gasteiger partial charge on any atom is -0.478 e. The summed E-state index contributed by atoms with van der Waals surface area (Å²) in [7, 11) is 1.67. The second kappa shape index (κ2) is 12.5. The second-order valence-corrected chi connectivity index (χ2v) is 14.9. The number of aliphatic hydroxyl groups is 4. The van der Waals surface area contributed by atoms with Gasteiger partial charge in [-0.3, -0.25) is 4.99 Å². The van der Waals surface area contributed by atoms with E-state index in [1.807, 2.05) is 11.1 Å². The first kappa shape index (κ1) is 32.9. The van der Waals surface area contributed by atoms with Crippen molar-refractivity contribution in [1.82, 2.24) is 10.2 Å². The molecule has 0 radical (unpaired) electrons. The van der Waals surface area contributed by atoms with Crippen molar-refractivity contribution >= 4 is 11.9 Å². The van der Waals surface area contributed by atoms with Gasteiger partial charge in [0.15, 0.2) is 5.96 Å². The van der Waals surface area contributed by atoms with Crippen molar-refractivity contribution in [2.45, 2.75) is 95.0 Å². The fraction of sp³-hybridized carbons (Fsp3) is 0.824. The largest absolute Gasteiger partial charge is 0.478 e. The summed E-state index contributed by atoms with van der Waals surface area (Å²) in [4.78, 5) is 19.6. The van der Waals surface area contributed by atoms with Crippen molar-refractivity contribution in [1.29, 1.82) is 0 Å². The van der Waals surface area contributed by atoms with E-state index in [1.165, 1.54) is 0 Å². The van der Waals surface area contributed by atoms with Crippen LogP contribution >= 0.6 is 0 Å². The second-order valence-electron chi connectivity index (χ2n) is 14.9. The number of aliphatic carboxylic acids is 1. The van der Waals surface area contributed by atoms with E-state index >= 15 is 0 Å². The third-order valence-corrected chi connectivity index (χ3v) is 13.2. The summed E-state index contributed by atoms with van der Waals surface area (Å²) in [6.45, 7) is 4.05. The number of hydrogen-bond acceptors (Lipinski definition) is 8. The van der Waals surface area contributed by atoms with Gasteiger partial charge in [-0.05, 0) is 93.0 Å². The zero-order valence-electron chi connectivity index (χ0n) is 26.9. The average Bonchev–Trinajstić information content (AvgIpc) is 3.38. The molecule has 2 spiro atoms.